The number of benzene rings is 2. The number of aryl methyl sites for hydroxylation is 2. The maximum Gasteiger partial charge on any atom is 0.228 e. The fraction of sp³-hybridized carbons (Fsp3) is 0.320. The van der Waals surface area contributed by atoms with Crippen molar-refractivity contribution in [3.63, 3.8) is 0 Å². The summed E-state index contributed by atoms with van der Waals surface area (Å²) in [4.78, 5) is 8.61. The molecule has 0 unspecified atom stereocenters. The highest BCUT2D eigenvalue weighted by Gasteiger charge is 2.40. The quantitative estimate of drug-likeness (QED) is 0.335. The third kappa shape index (κ3) is 4.58. The molecular weight excluding hydrogens is 500 g/mol. The summed E-state index contributed by atoms with van der Waals surface area (Å²) in [5.74, 6) is 2.03. The molecule has 1 fully saturated rings. The van der Waals surface area contributed by atoms with E-state index >= 15 is 0 Å². The molecule has 34 heavy (non-hydrogen) atoms. The van der Waals surface area contributed by atoms with E-state index in [1.54, 1.807) is 11.8 Å². The number of ether oxygens (including phenoxy) is 4. The Kier molecular flexibility index (Phi) is 6.38. The van der Waals surface area contributed by atoms with Gasteiger partial charge < -0.3 is 18.9 Å². The first-order valence-corrected chi connectivity index (χ1v) is 11.8. The number of hydrogen-bond donors (Lipinski definition) is 0. The minimum atomic E-state index is -0.393. The second kappa shape index (κ2) is 9.60. The van der Waals surface area contributed by atoms with Crippen LogP contribution in [-0.2, 0) is 4.74 Å². The van der Waals surface area contributed by atoms with Crippen molar-refractivity contribution >= 4 is 27.0 Å². The number of aromatic nitrogens is 4. The molecule has 1 saturated heterocycles. The Morgan fingerprint density at radius 3 is 2.35 bits per heavy atom. The third-order valence-corrected chi connectivity index (χ3v) is 6.36. The average molecular weight is 525 g/mol. The van der Waals surface area contributed by atoms with Crippen LogP contribution in [0.4, 0.5) is 0 Å². The lowest BCUT2D eigenvalue weighted by Gasteiger charge is -2.20. The zero-order chi connectivity index (χ0) is 23.7. The van der Waals surface area contributed by atoms with Crippen molar-refractivity contribution in [2.24, 2.45) is 0 Å². The van der Waals surface area contributed by atoms with E-state index in [0.717, 1.165) is 11.5 Å². The highest BCUT2D eigenvalue weighted by atomic mass is 79.9. The summed E-state index contributed by atoms with van der Waals surface area (Å²) in [6.07, 6.45) is 1.09. The first-order valence-electron chi connectivity index (χ1n) is 11.0. The van der Waals surface area contributed by atoms with Crippen LogP contribution >= 0.6 is 15.9 Å². The maximum absolute atomic E-state index is 6.42. The second-order valence-corrected chi connectivity index (χ2v) is 9.03. The number of nitrogens with zero attached hydrogens (tertiary/aromatic N) is 4. The Labute approximate surface area is 206 Å². The van der Waals surface area contributed by atoms with Crippen LogP contribution in [0.2, 0.25) is 0 Å². The molecule has 0 amide bonds. The van der Waals surface area contributed by atoms with E-state index in [2.05, 4.69) is 31.0 Å². The summed E-state index contributed by atoms with van der Waals surface area (Å²) in [5.41, 5.74) is 2.98. The van der Waals surface area contributed by atoms with Gasteiger partial charge in [-0.25, -0.2) is 14.6 Å². The lowest BCUT2D eigenvalue weighted by molar-refractivity contribution is -0.0385. The normalized spacial score (nSPS) is 19.9. The van der Waals surface area contributed by atoms with E-state index in [1.807, 2.05) is 62.4 Å². The minimum Gasteiger partial charge on any atom is -0.491 e. The van der Waals surface area contributed by atoms with Gasteiger partial charge in [0, 0.05) is 6.42 Å². The Morgan fingerprint density at radius 2 is 1.68 bits per heavy atom. The summed E-state index contributed by atoms with van der Waals surface area (Å²) in [6.45, 7) is 4.44. The Bertz CT molecular complexity index is 1280. The zero-order valence-electron chi connectivity index (χ0n) is 19.1. The average Bonchev–Trinajstić information content (AvgIpc) is 3.40. The van der Waals surface area contributed by atoms with Crippen LogP contribution in [-0.4, -0.2) is 45.7 Å². The number of methoxy groups -OCH3 is 1. The van der Waals surface area contributed by atoms with Gasteiger partial charge in [-0.15, -0.1) is 0 Å². The fourth-order valence-electron chi connectivity index (χ4n) is 3.99. The lowest BCUT2D eigenvalue weighted by atomic mass is 10.1. The maximum atomic E-state index is 6.42. The highest BCUT2D eigenvalue weighted by Crippen LogP contribution is 2.37. The SMILES string of the molecule is COc1ncnc2c1c(Br)nn2[C@H]1C[C@H](Oc2ccc(C)cc2)[C@@H](COc2ccc(C)cc2)O1. The topological polar surface area (TPSA) is 80.5 Å². The summed E-state index contributed by atoms with van der Waals surface area (Å²) < 4.78 is 26.6. The van der Waals surface area contributed by atoms with Gasteiger partial charge in [-0.05, 0) is 54.0 Å². The molecule has 0 aliphatic carbocycles. The first kappa shape index (κ1) is 22.6. The summed E-state index contributed by atoms with van der Waals surface area (Å²) in [6, 6.07) is 16.0. The zero-order valence-corrected chi connectivity index (χ0v) is 20.7. The van der Waals surface area contributed by atoms with Crippen LogP contribution in [0.15, 0.2) is 59.5 Å². The molecule has 176 valence electrons. The van der Waals surface area contributed by atoms with E-state index in [1.165, 1.54) is 17.5 Å². The Morgan fingerprint density at radius 1 is 1.00 bits per heavy atom. The van der Waals surface area contributed by atoms with Gasteiger partial charge in [0.05, 0.1) is 7.11 Å². The van der Waals surface area contributed by atoms with E-state index in [9.17, 15) is 0 Å². The molecule has 8 nitrogen and oxygen atoms in total. The second-order valence-electron chi connectivity index (χ2n) is 8.28. The van der Waals surface area contributed by atoms with Crippen molar-refractivity contribution in [1.82, 2.24) is 19.7 Å². The van der Waals surface area contributed by atoms with Crippen LogP contribution in [0.1, 0.15) is 23.8 Å². The lowest BCUT2D eigenvalue weighted by Crippen LogP contribution is -2.32. The van der Waals surface area contributed by atoms with Crippen molar-refractivity contribution in [2.75, 3.05) is 13.7 Å². The van der Waals surface area contributed by atoms with E-state index in [4.69, 9.17) is 18.9 Å². The Balaban J connectivity index is 1.41. The van der Waals surface area contributed by atoms with Gasteiger partial charge in [-0.1, -0.05) is 35.4 Å². The summed E-state index contributed by atoms with van der Waals surface area (Å²) in [5, 5.41) is 5.32. The molecule has 0 bridgehead atoms. The predicted molar refractivity (Wildman–Crippen MR) is 130 cm³/mol. The molecule has 0 saturated carbocycles. The van der Waals surface area contributed by atoms with Gasteiger partial charge in [0.2, 0.25) is 5.88 Å². The van der Waals surface area contributed by atoms with Gasteiger partial charge in [0.15, 0.2) is 11.9 Å². The van der Waals surface area contributed by atoms with Crippen molar-refractivity contribution < 1.29 is 18.9 Å². The van der Waals surface area contributed by atoms with Crippen LogP contribution in [0, 0.1) is 13.8 Å². The Hall–Kier alpha value is -3.17. The van der Waals surface area contributed by atoms with Crippen LogP contribution in [0.3, 0.4) is 0 Å². The van der Waals surface area contributed by atoms with Gasteiger partial charge >= 0.3 is 0 Å². The standard InChI is InChI=1S/C25H25BrN4O4/c1-15-4-8-17(9-5-15)32-13-20-19(33-18-10-6-16(2)7-11-18)12-21(34-20)30-24-22(23(26)29-30)25(31-3)28-14-27-24/h4-11,14,19-21H,12-13H2,1-3H3/t19-,20+,21+/m0/s1. The molecule has 1 aliphatic heterocycles. The molecule has 4 aromatic rings. The van der Waals surface area contributed by atoms with Gasteiger partial charge in [0.1, 0.15) is 46.6 Å². The molecule has 0 radical (unpaired) electrons. The smallest absolute Gasteiger partial charge is 0.228 e. The van der Waals surface area contributed by atoms with Crippen LogP contribution < -0.4 is 14.2 Å². The van der Waals surface area contributed by atoms with E-state index in [-0.39, 0.29) is 12.2 Å². The third-order valence-electron chi connectivity index (χ3n) is 5.80. The molecule has 3 atom stereocenters. The molecule has 2 aromatic carbocycles. The van der Waals surface area contributed by atoms with E-state index < -0.39 is 6.23 Å². The molecule has 0 N–H and O–H groups in total. The van der Waals surface area contributed by atoms with Crippen LogP contribution in [0.25, 0.3) is 11.0 Å². The highest BCUT2D eigenvalue weighted by molar-refractivity contribution is 9.10. The van der Waals surface area contributed by atoms with Crippen molar-refractivity contribution in [3.8, 4) is 17.4 Å². The molecule has 5 rings (SSSR count). The largest absolute Gasteiger partial charge is 0.491 e. The monoisotopic (exact) mass is 524 g/mol. The van der Waals surface area contributed by atoms with E-state index in [0.29, 0.717) is 34.5 Å². The number of rotatable bonds is 7. The fourth-order valence-corrected chi connectivity index (χ4v) is 4.51. The summed E-state index contributed by atoms with van der Waals surface area (Å²) >= 11 is 3.51. The van der Waals surface area contributed by atoms with Crippen molar-refractivity contribution in [2.45, 2.75) is 38.7 Å². The predicted octanol–water partition coefficient (Wildman–Crippen LogP) is 5.03. The van der Waals surface area contributed by atoms with Gasteiger partial charge in [0.25, 0.3) is 0 Å². The number of halogens is 1. The van der Waals surface area contributed by atoms with Crippen LogP contribution in [0.5, 0.6) is 17.4 Å². The first-order chi connectivity index (χ1) is 16.5. The number of fused-ring (bicyclic) bond motifs is 1. The molecule has 1 aliphatic rings. The molecule has 3 heterocycles. The van der Waals surface area contributed by atoms with Crippen molar-refractivity contribution in [1.29, 1.82) is 0 Å². The van der Waals surface area contributed by atoms with Gasteiger partial charge in [-0.3, -0.25) is 0 Å². The molecule has 2 aromatic heterocycles. The number of hydrogen-bond acceptors (Lipinski definition) is 7. The molecule has 9 heteroatoms. The van der Waals surface area contributed by atoms with Crippen molar-refractivity contribution in [3.05, 3.63) is 70.6 Å². The molecule has 0 spiro atoms. The summed E-state index contributed by atoms with van der Waals surface area (Å²) in [7, 11) is 1.57. The minimum absolute atomic E-state index is 0.236. The van der Waals surface area contributed by atoms with Gasteiger partial charge in [-0.2, -0.15) is 5.10 Å². The molecular formula is C25H25BrN4O4.